The Morgan fingerprint density at radius 1 is 1.07 bits per heavy atom. The molecule has 2 aliphatic rings. The zero-order valence-electron chi connectivity index (χ0n) is 16.5. The lowest BCUT2D eigenvalue weighted by molar-refractivity contribution is 0.0591. The largest absolute Gasteiger partial charge is 0.491 e. The van der Waals surface area contributed by atoms with E-state index in [0.29, 0.717) is 19.1 Å². The van der Waals surface area contributed by atoms with Crippen LogP contribution in [0.3, 0.4) is 0 Å². The van der Waals surface area contributed by atoms with Gasteiger partial charge in [0.05, 0.1) is 0 Å². The number of β-amino-alcohol motifs (C(OH)–C–C–N with tert-alkyl or cyclic N) is 1. The molecule has 0 saturated carbocycles. The summed E-state index contributed by atoms with van der Waals surface area (Å²) in [7, 11) is 0. The summed E-state index contributed by atoms with van der Waals surface area (Å²) in [6, 6.07) is 8.30. The van der Waals surface area contributed by atoms with Crippen molar-refractivity contribution in [3.05, 3.63) is 42.0 Å². The predicted octanol–water partition coefficient (Wildman–Crippen LogP) is 2.02. The minimum absolute atomic E-state index is 0.327. The molecule has 2 aliphatic heterocycles. The summed E-state index contributed by atoms with van der Waals surface area (Å²) in [4.78, 5) is 9.06. The Labute approximate surface area is 166 Å². The fourth-order valence-corrected chi connectivity index (χ4v) is 4.23. The summed E-state index contributed by atoms with van der Waals surface area (Å²) in [5.74, 6) is 2.26. The SMILES string of the molecule is OC(COc1ccc(CN2CCCC2)cc1)CN1CCC(c2ncn[nH]2)CC1. The number of ether oxygens (including phenoxy) is 1. The fourth-order valence-electron chi connectivity index (χ4n) is 4.23. The summed E-state index contributed by atoms with van der Waals surface area (Å²) in [6.45, 7) is 6.35. The number of aliphatic hydroxyl groups is 1. The van der Waals surface area contributed by atoms with Gasteiger partial charge in [0.15, 0.2) is 0 Å². The minimum atomic E-state index is -0.480. The molecule has 1 aromatic heterocycles. The van der Waals surface area contributed by atoms with Gasteiger partial charge in [-0.25, -0.2) is 4.98 Å². The van der Waals surface area contributed by atoms with E-state index in [1.165, 1.54) is 31.5 Å². The van der Waals surface area contributed by atoms with Crippen LogP contribution >= 0.6 is 0 Å². The first kappa shape index (κ1) is 19.4. The maximum Gasteiger partial charge on any atom is 0.137 e. The average molecular weight is 386 g/mol. The van der Waals surface area contributed by atoms with Crippen molar-refractivity contribution in [2.45, 2.75) is 44.2 Å². The van der Waals surface area contributed by atoms with E-state index in [2.05, 4.69) is 37.1 Å². The standard InChI is InChI=1S/C21H31N5O2/c27-19(14-26-11-7-18(8-12-26)21-22-16-23-24-21)15-28-20-5-3-17(4-6-20)13-25-9-1-2-10-25/h3-6,16,18-19,27H,1-2,7-15H2,(H,22,23,24). The third kappa shape index (κ3) is 5.31. The number of likely N-dealkylation sites (tertiary alicyclic amines) is 2. The maximum absolute atomic E-state index is 10.4. The zero-order chi connectivity index (χ0) is 19.2. The van der Waals surface area contributed by atoms with Crippen LogP contribution in [0.25, 0.3) is 0 Å². The van der Waals surface area contributed by atoms with Gasteiger partial charge in [-0.05, 0) is 69.6 Å². The number of piperidine rings is 1. The highest BCUT2D eigenvalue weighted by atomic mass is 16.5. The first-order chi connectivity index (χ1) is 13.8. The van der Waals surface area contributed by atoms with Crippen LogP contribution in [0.5, 0.6) is 5.75 Å². The van der Waals surface area contributed by atoms with Gasteiger partial charge >= 0.3 is 0 Å². The molecule has 1 unspecified atom stereocenters. The summed E-state index contributed by atoms with van der Waals surface area (Å²) in [5, 5.41) is 17.3. The topological polar surface area (TPSA) is 77.5 Å². The first-order valence-electron chi connectivity index (χ1n) is 10.5. The van der Waals surface area contributed by atoms with Crippen molar-refractivity contribution in [2.24, 2.45) is 0 Å². The molecule has 7 heteroatoms. The molecule has 152 valence electrons. The van der Waals surface area contributed by atoms with Crippen LogP contribution in [0.15, 0.2) is 30.6 Å². The van der Waals surface area contributed by atoms with Crippen LogP contribution in [0.2, 0.25) is 0 Å². The van der Waals surface area contributed by atoms with Crippen molar-refractivity contribution in [1.29, 1.82) is 0 Å². The molecule has 28 heavy (non-hydrogen) atoms. The summed E-state index contributed by atoms with van der Waals surface area (Å²) in [5.41, 5.74) is 1.32. The van der Waals surface area contributed by atoms with E-state index in [-0.39, 0.29) is 0 Å². The second-order valence-corrected chi connectivity index (χ2v) is 8.04. The predicted molar refractivity (Wildman–Crippen MR) is 107 cm³/mol. The molecular weight excluding hydrogens is 354 g/mol. The van der Waals surface area contributed by atoms with Gasteiger partial charge in [0.25, 0.3) is 0 Å². The van der Waals surface area contributed by atoms with Crippen molar-refractivity contribution in [3.8, 4) is 5.75 Å². The highest BCUT2D eigenvalue weighted by molar-refractivity contribution is 5.27. The van der Waals surface area contributed by atoms with Crippen LogP contribution < -0.4 is 4.74 Å². The number of benzene rings is 1. The Bertz CT molecular complexity index is 692. The lowest BCUT2D eigenvalue weighted by atomic mass is 9.96. The number of nitrogens with zero attached hydrogens (tertiary/aromatic N) is 4. The number of aromatic nitrogens is 3. The molecular formula is C21H31N5O2. The molecule has 7 nitrogen and oxygen atoms in total. The molecule has 2 fully saturated rings. The van der Waals surface area contributed by atoms with E-state index in [1.807, 2.05) is 12.1 Å². The summed E-state index contributed by atoms with van der Waals surface area (Å²) in [6.07, 6.45) is 5.81. The maximum atomic E-state index is 10.4. The summed E-state index contributed by atoms with van der Waals surface area (Å²) < 4.78 is 5.80. The van der Waals surface area contributed by atoms with E-state index >= 15 is 0 Å². The van der Waals surface area contributed by atoms with E-state index in [0.717, 1.165) is 44.0 Å². The van der Waals surface area contributed by atoms with Crippen LogP contribution in [0.1, 0.15) is 43.0 Å². The number of aliphatic hydroxyl groups excluding tert-OH is 1. The molecule has 0 radical (unpaired) electrons. The lowest BCUT2D eigenvalue weighted by Crippen LogP contribution is -2.40. The van der Waals surface area contributed by atoms with Gasteiger partial charge in [0, 0.05) is 19.0 Å². The van der Waals surface area contributed by atoms with E-state index < -0.39 is 6.10 Å². The van der Waals surface area contributed by atoms with Crippen molar-refractivity contribution in [3.63, 3.8) is 0 Å². The Hall–Kier alpha value is -1.96. The van der Waals surface area contributed by atoms with Crippen molar-refractivity contribution in [1.82, 2.24) is 25.0 Å². The number of aromatic amines is 1. The lowest BCUT2D eigenvalue weighted by Gasteiger charge is -2.32. The van der Waals surface area contributed by atoms with Gasteiger partial charge in [0.2, 0.25) is 0 Å². The Balaban J connectivity index is 1.16. The Kier molecular flexibility index (Phi) is 6.57. The van der Waals surface area contributed by atoms with E-state index in [9.17, 15) is 5.11 Å². The first-order valence-corrected chi connectivity index (χ1v) is 10.5. The normalized spacial score (nSPS) is 20.5. The van der Waals surface area contributed by atoms with Crippen molar-refractivity contribution < 1.29 is 9.84 Å². The van der Waals surface area contributed by atoms with Crippen LogP contribution in [0, 0.1) is 0 Å². The molecule has 2 aromatic rings. The molecule has 3 heterocycles. The van der Waals surface area contributed by atoms with E-state index in [4.69, 9.17) is 4.74 Å². The molecule has 2 saturated heterocycles. The molecule has 0 spiro atoms. The highest BCUT2D eigenvalue weighted by Crippen LogP contribution is 2.25. The molecule has 0 aliphatic carbocycles. The van der Waals surface area contributed by atoms with Gasteiger partial charge in [-0.3, -0.25) is 10.00 Å². The molecule has 1 aromatic carbocycles. The highest BCUT2D eigenvalue weighted by Gasteiger charge is 2.24. The molecule has 4 rings (SSSR count). The second-order valence-electron chi connectivity index (χ2n) is 8.04. The fraction of sp³-hybridized carbons (Fsp3) is 0.619. The number of hydrogen-bond donors (Lipinski definition) is 2. The number of nitrogens with one attached hydrogen (secondary N) is 1. The van der Waals surface area contributed by atoms with Crippen LogP contribution in [0.4, 0.5) is 0 Å². The quantitative estimate of drug-likeness (QED) is 0.724. The van der Waals surface area contributed by atoms with Gasteiger partial charge in [-0.2, -0.15) is 5.10 Å². The third-order valence-corrected chi connectivity index (χ3v) is 5.85. The van der Waals surface area contributed by atoms with Crippen LogP contribution in [-0.4, -0.2) is 75.5 Å². The molecule has 2 N–H and O–H groups in total. The number of H-pyrrole nitrogens is 1. The minimum Gasteiger partial charge on any atom is -0.491 e. The van der Waals surface area contributed by atoms with E-state index in [1.54, 1.807) is 6.33 Å². The Morgan fingerprint density at radius 2 is 1.82 bits per heavy atom. The monoisotopic (exact) mass is 385 g/mol. The smallest absolute Gasteiger partial charge is 0.137 e. The van der Waals surface area contributed by atoms with Crippen molar-refractivity contribution >= 4 is 0 Å². The van der Waals surface area contributed by atoms with Crippen molar-refractivity contribution in [2.75, 3.05) is 39.3 Å². The molecule has 0 bridgehead atoms. The van der Waals surface area contributed by atoms with Gasteiger partial charge in [0.1, 0.15) is 30.6 Å². The average Bonchev–Trinajstić information content (AvgIpc) is 3.42. The van der Waals surface area contributed by atoms with Gasteiger partial charge in [-0.1, -0.05) is 12.1 Å². The number of rotatable bonds is 8. The second kappa shape index (κ2) is 9.49. The third-order valence-electron chi connectivity index (χ3n) is 5.85. The van der Waals surface area contributed by atoms with Crippen LogP contribution in [-0.2, 0) is 6.54 Å². The van der Waals surface area contributed by atoms with Gasteiger partial charge in [-0.15, -0.1) is 0 Å². The Morgan fingerprint density at radius 3 is 2.50 bits per heavy atom. The van der Waals surface area contributed by atoms with Gasteiger partial charge < -0.3 is 14.7 Å². The molecule has 1 atom stereocenters. The number of hydrogen-bond acceptors (Lipinski definition) is 6. The summed E-state index contributed by atoms with van der Waals surface area (Å²) >= 11 is 0. The molecule has 0 amide bonds. The zero-order valence-corrected chi connectivity index (χ0v) is 16.5.